The Bertz CT molecular complexity index is 1620. The van der Waals surface area contributed by atoms with Crippen LogP contribution in [-0.2, 0) is 44.3 Å². The highest BCUT2D eigenvalue weighted by Crippen LogP contribution is 2.32. The van der Waals surface area contributed by atoms with Gasteiger partial charge in [0.05, 0.1) is 14.2 Å². The van der Waals surface area contributed by atoms with Gasteiger partial charge in [-0.2, -0.15) is 0 Å². The molecular weight excluding hydrogens is 600 g/mol. The second-order valence-corrected chi connectivity index (χ2v) is 10.1. The summed E-state index contributed by atoms with van der Waals surface area (Å²) in [5.41, 5.74) is 23.8. The lowest BCUT2D eigenvalue weighted by molar-refractivity contribution is -0.160. The number of methoxy groups -OCH3 is 2. The molecule has 3 aromatic rings. The van der Waals surface area contributed by atoms with Crippen LogP contribution in [0, 0.1) is 0 Å². The van der Waals surface area contributed by atoms with Crippen molar-refractivity contribution in [2.75, 3.05) is 20.8 Å². The summed E-state index contributed by atoms with van der Waals surface area (Å²) in [5, 5.41) is 2.38. The van der Waals surface area contributed by atoms with E-state index in [0.29, 0.717) is 0 Å². The highest BCUT2D eigenvalue weighted by Gasteiger charge is 2.54. The van der Waals surface area contributed by atoms with Crippen molar-refractivity contribution in [2.24, 2.45) is 28.7 Å². The number of esters is 1. The van der Waals surface area contributed by atoms with Crippen LogP contribution in [-0.4, -0.2) is 62.5 Å². The quantitative estimate of drug-likeness (QED) is 0.0643. The number of rotatable bonds is 15. The van der Waals surface area contributed by atoms with Gasteiger partial charge in [0.25, 0.3) is 0 Å². The van der Waals surface area contributed by atoms with Crippen LogP contribution in [0.2, 0.25) is 0 Å². The first-order valence-electron chi connectivity index (χ1n) is 13.5. The Kier molecular flexibility index (Phi) is 10.7. The molecule has 242 valence electrons. The lowest BCUT2D eigenvalue weighted by atomic mass is 9.77. The predicted molar refractivity (Wildman–Crippen MR) is 162 cm³/mol. The number of ether oxygens (including phenoxy) is 3. The third-order valence-corrected chi connectivity index (χ3v) is 7.53. The number of carbonyl (C=O) groups is 6. The Morgan fingerprint density at radius 2 is 1.20 bits per heavy atom. The first kappa shape index (κ1) is 34.5. The summed E-state index contributed by atoms with van der Waals surface area (Å²) in [6.07, 6.45) is -2.13. The number of benzene rings is 3. The first-order valence-corrected chi connectivity index (χ1v) is 13.5. The third kappa shape index (κ3) is 6.44. The fourth-order valence-electron chi connectivity index (χ4n) is 4.93. The molecule has 15 nitrogen and oxygen atoms in total. The number of nitrogens with two attached hydrogens (primary N) is 5. The molecule has 0 saturated carbocycles. The lowest BCUT2D eigenvalue weighted by Gasteiger charge is -2.33. The van der Waals surface area contributed by atoms with Crippen LogP contribution in [0.4, 0.5) is 0 Å². The van der Waals surface area contributed by atoms with Crippen LogP contribution in [0.15, 0.2) is 78.9 Å². The Balaban J connectivity index is 2.03. The third-order valence-electron chi connectivity index (χ3n) is 7.53. The van der Waals surface area contributed by atoms with Crippen LogP contribution < -0.4 is 43.5 Å². The standard InChI is InChI=1S/C31H34N6O9/c1-44-20-12-6-10-18(14-20)30(25(32)40,26(33)41)16-37-23(38)22(17-8-4-3-5-9-17)24(39)46-29(36)31(27(34)42,28(35)43)19-11-7-13-21(15-19)45-2/h3-15,22,29H,16,36H2,1-2H3,(H2,32,40)(H2,33,41)(H2,34,42)(H2,35,43)(H,37,38). The molecule has 11 N–H and O–H groups in total. The summed E-state index contributed by atoms with van der Waals surface area (Å²) < 4.78 is 15.7. The van der Waals surface area contributed by atoms with E-state index in [2.05, 4.69) is 5.32 Å². The maximum Gasteiger partial charge on any atom is 0.324 e. The Hall–Kier alpha value is -5.96. The van der Waals surface area contributed by atoms with Gasteiger partial charge in [-0.25, -0.2) is 0 Å². The largest absolute Gasteiger partial charge is 0.497 e. The van der Waals surface area contributed by atoms with E-state index in [1.54, 1.807) is 12.1 Å². The SMILES string of the molecule is COc1cccc(C(CNC(=O)C(C(=O)OC(N)C(C(N)=O)(C(N)=O)c2cccc(OC)c2)c2ccccc2)(C(N)=O)C(N)=O)c1. The van der Waals surface area contributed by atoms with Gasteiger partial charge in [-0.05, 0) is 41.0 Å². The van der Waals surface area contributed by atoms with Gasteiger partial charge in [-0.15, -0.1) is 0 Å². The predicted octanol–water partition coefficient (Wildman–Crippen LogP) is -1.45. The molecule has 0 saturated heterocycles. The number of hydrogen-bond donors (Lipinski definition) is 6. The zero-order chi connectivity index (χ0) is 34.2. The van der Waals surface area contributed by atoms with Crippen LogP contribution >= 0.6 is 0 Å². The van der Waals surface area contributed by atoms with Crippen LogP contribution in [0.3, 0.4) is 0 Å². The highest BCUT2D eigenvalue weighted by molar-refractivity contribution is 6.12. The molecule has 3 rings (SSSR count). The zero-order valence-electron chi connectivity index (χ0n) is 24.9. The number of nitrogens with one attached hydrogen (secondary N) is 1. The molecule has 0 aliphatic heterocycles. The maximum atomic E-state index is 13.7. The molecule has 15 heteroatoms. The fraction of sp³-hybridized carbons (Fsp3) is 0.226. The molecule has 2 atom stereocenters. The zero-order valence-corrected chi connectivity index (χ0v) is 24.9. The molecule has 0 heterocycles. The maximum absolute atomic E-state index is 13.7. The smallest absolute Gasteiger partial charge is 0.324 e. The van der Waals surface area contributed by atoms with Crippen LogP contribution in [0.1, 0.15) is 22.6 Å². The summed E-state index contributed by atoms with van der Waals surface area (Å²) in [7, 11) is 2.69. The van der Waals surface area contributed by atoms with Crippen molar-refractivity contribution in [1.82, 2.24) is 5.32 Å². The minimum absolute atomic E-state index is 0.0130. The molecule has 0 aliphatic rings. The van der Waals surface area contributed by atoms with Gasteiger partial charge in [0, 0.05) is 6.54 Å². The molecule has 0 fully saturated rings. The highest BCUT2D eigenvalue weighted by atomic mass is 16.6. The van der Waals surface area contributed by atoms with Gasteiger partial charge < -0.3 is 42.5 Å². The molecule has 2 unspecified atom stereocenters. The van der Waals surface area contributed by atoms with Crippen molar-refractivity contribution in [3.8, 4) is 11.5 Å². The number of hydrogen-bond acceptors (Lipinski definition) is 10. The monoisotopic (exact) mass is 634 g/mol. The van der Waals surface area contributed by atoms with E-state index in [1.165, 1.54) is 80.9 Å². The van der Waals surface area contributed by atoms with Gasteiger partial charge in [-0.1, -0.05) is 54.6 Å². The Morgan fingerprint density at radius 3 is 1.67 bits per heavy atom. The summed E-state index contributed by atoms with van der Waals surface area (Å²) in [6, 6.07) is 18.7. The second-order valence-electron chi connectivity index (χ2n) is 10.1. The van der Waals surface area contributed by atoms with Crippen molar-refractivity contribution < 1.29 is 43.0 Å². The van der Waals surface area contributed by atoms with Gasteiger partial charge in [-0.3, -0.25) is 34.5 Å². The molecule has 0 radical (unpaired) electrons. The number of carbonyl (C=O) groups excluding carboxylic acids is 6. The molecule has 5 amide bonds. The van der Waals surface area contributed by atoms with Gasteiger partial charge >= 0.3 is 5.97 Å². The van der Waals surface area contributed by atoms with E-state index < -0.39 is 65.0 Å². The number of primary amides is 4. The van der Waals surface area contributed by atoms with Gasteiger partial charge in [0.15, 0.2) is 17.6 Å². The van der Waals surface area contributed by atoms with E-state index in [-0.39, 0.29) is 28.2 Å². The average molecular weight is 635 g/mol. The molecule has 0 aliphatic carbocycles. The van der Waals surface area contributed by atoms with Crippen molar-refractivity contribution in [3.63, 3.8) is 0 Å². The van der Waals surface area contributed by atoms with Crippen molar-refractivity contribution in [3.05, 3.63) is 95.6 Å². The normalized spacial score (nSPS) is 12.6. The summed E-state index contributed by atoms with van der Waals surface area (Å²) in [4.78, 5) is 78.5. The van der Waals surface area contributed by atoms with Gasteiger partial charge in [0.1, 0.15) is 11.5 Å². The minimum Gasteiger partial charge on any atom is -0.497 e. The van der Waals surface area contributed by atoms with Crippen molar-refractivity contribution in [2.45, 2.75) is 23.0 Å². The lowest BCUT2D eigenvalue weighted by Crippen LogP contribution is -2.63. The minimum atomic E-state index is -2.60. The van der Waals surface area contributed by atoms with Crippen molar-refractivity contribution in [1.29, 1.82) is 0 Å². The summed E-state index contributed by atoms with van der Waals surface area (Å²) in [5.74, 6) is -8.85. The Morgan fingerprint density at radius 1 is 0.696 bits per heavy atom. The topological polar surface area (TPSA) is 272 Å². The molecule has 3 aromatic carbocycles. The molecule has 46 heavy (non-hydrogen) atoms. The van der Waals surface area contributed by atoms with E-state index in [4.69, 9.17) is 42.9 Å². The fourth-order valence-corrected chi connectivity index (χ4v) is 4.93. The van der Waals surface area contributed by atoms with Crippen molar-refractivity contribution >= 4 is 35.5 Å². The average Bonchev–Trinajstić information content (AvgIpc) is 3.01. The molecule has 0 bridgehead atoms. The molecular formula is C31H34N6O9. The van der Waals surface area contributed by atoms with E-state index in [1.807, 2.05) is 0 Å². The summed E-state index contributed by atoms with van der Waals surface area (Å²) >= 11 is 0. The van der Waals surface area contributed by atoms with E-state index >= 15 is 0 Å². The molecule has 0 spiro atoms. The number of amides is 5. The van der Waals surface area contributed by atoms with E-state index in [9.17, 15) is 28.8 Å². The summed E-state index contributed by atoms with van der Waals surface area (Å²) in [6.45, 7) is -0.775. The van der Waals surface area contributed by atoms with Crippen LogP contribution in [0.5, 0.6) is 11.5 Å². The van der Waals surface area contributed by atoms with E-state index in [0.717, 1.165) is 0 Å². The Labute approximate surface area is 263 Å². The van der Waals surface area contributed by atoms with Crippen LogP contribution in [0.25, 0.3) is 0 Å². The second kappa shape index (κ2) is 14.2. The first-order chi connectivity index (χ1) is 21.8. The molecule has 0 aromatic heterocycles. The van der Waals surface area contributed by atoms with Gasteiger partial charge in [0.2, 0.25) is 35.0 Å².